The average Bonchev–Trinajstić information content (AvgIpc) is 2.80. The zero-order chi connectivity index (χ0) is 12.4. The number of likely N-dealkylation sites (tertiary alicyclic amines) is 1. The van der Waals surface area contributed by atoms with Gasteiger partial charge in [-0.2, -0.15) is 0 Å². The summed E-state index contributed by atoms with van der Waals surface area (Å²) in [6.07, 6.45) is 2.39. The van der Waals surface area contributed by atoms with Gasteiger partial charge < -0.3 is 5.73 Å². The topological polar surface area (TPSA) is 29.3 Å². The van der Waals surface area contributed by atoms with Gasteiger partial charge in [0, 0.05) is 18.6 Å². The number of hydrogen-bond donors (Lipinski definition) is 1. The quantitative estimate of drug-likeness (QED) is 0.913. The van der Waals surface area contributed by atoms with Crippen LogP contribution in [0, 0.1) is 0 Å². The molecular formula is C13H18Cl2N2. The number of halogens is 2. The molecule has 2 atom stereocenters. The van der Waals surface area contributed by atoms with Crippen molar-refractivity contribution in [1.29, 1.82) is 0 Å². The van der Waals surface area contributed by atoms with Gasteiger partial charge in [-0.3, -0.25) is 4.90 Å². The minimum absolute atomic E-state index is 0.275. The van der Waals surface area contributed by atoms with Gasteiger partial charge in [-0.1, -0.05) is 35.3 Å². The molecule has 0 aromatic heterocycles. The summed E-state index contributed by atoms with van der Waals surface area (Å²) >= 11 is 12.3. The van der Waals surface area contributed by atoms with Crippen LogP contribution in [0.4, 0.5) is 0 Å². The second kappa shape index (κ2) is 5.57. The molecule has 2 rings (SSSR count). The maximum absolute atomic E-state index is 6.27. The van der Waals surface area contributed by atoms with Crippen LogP contribution in [0.5, 0.6) is 0 Å². The van der Waals surface area contributed by atoms with Crippen LogP contribution in [-0.4, -0.2) is 24.0 Å². The zero-order valence-electron chi connectivity index (χ0n) is 10.00. The summed E-state index contributed by atoms with van der Waals surface area (Å²) in [5.41, 5.74) is 6.90. The van der Waals surface area contributed by atoms with Gasteiger partial charge in [0.1, 0.15) is 0 Å². The Balaban J connectivity index is 2.24. The minimum Gasteiger partial charge on any atom is -0.329 e. The van der Waals surface area contributed by atoms with Gasteiger partial charge in [0.2, 0.25) is 0 Å². The molecule has 1 aromatic carbocycles. The fourth-order valence-electron chi connectivity index (χ4n) is 2.64. The Kier molecular flexibility index (Phi) is 4.31. The molecule has 1 heterocycles. The molecule has 94 valence electrons. The average molecular weight is 273 g/mol. The Hall–Kier alpha value is -0.280. The molecule has 0 radical (unpaired) electrons. The van der Waals surface area contributed by atoms with Crippen molar-refractivity contribution in [3.05, 3.63) is 33.8 Å². The highest BCUT2D eigenvalue weighted by Gasteiger charge is 2.29. The van der Waals surface area contributed by atoms with Crippen LogP contribution >= 0.6 is 23.2 Å². The molecule has 0 saturated carbocycles. The van der Waals surface area contributed by atoms with Crippen molar-refractivity contribution in [2.45, 2.75) is 31.8 Å². The zero-order valence-corrected chi connectivity index (χ0v) is 11.5. The molecule has 17 heavy (non-hydrogen) atoms. The van der Waals surface area contributed by atoms with Gasteiger partial charge >= 0.3 is 0 Å². The number of hydrogen-bond acceptors (Lipinski definition) is 2. The minimum atomic E-state index is 0.275. The van der Waals surface area contributed by atoms with Crippen LogP contribution in [0.2, 0.25) is 10.0 Å². The van der Waals surface area contributed by atoms with Gasteiger partial charge in [0.05, 0.1) is 10.0 Å². The fraction of sp³-hybridized carbons (Fsp3) is 0.538. The van der Waals surface area contributed by atoms with Gasteiger partial charge in [-0.15, -0.1) is 0 Å². The monoisotopic (exact) mass is 272 g/mol. The molecule has 2 unspecified atom stereocenters. The van der Waals surface area contributed by atoms with Gasteiger partial charge in [0.15, 0.2) is 0 Å². The summed E-state index contributed by atoms with van der Waals surface area (Å²) < 4.78 is 0. The highest BCUT2D eigenvalue weighted by molar-refractivity contribution is 6.42. The van der Waals surface area contributed by atoms with Crippen LogP contribution in [0.3, 0.4) is 0 Å². The lowest BCUT2D eigenvalue weighted by atomic mass is 10.1. The molecule has 2 N–H and O–H groups in total. The summed E-state index contributed by atoms with van der Waals surface area (Å²) in [5.74, 6) is 0. The Morgan fingerprint density at radius 1 is 1.47 bits per heavy atom. The Morgan fingerprint density at radius 3 is 2.94 bits per heavy atom. The van der Waals surface area contributed by atoms with E-state index in [1.54, 1.807) is 0 Å². The van der Waals surface area contributed by atoms with E-state index < -0.39 is 0 Å². The van der Waals surface area contributed by atoms with Crippen LogP contribution in [-0.2, 0) is 0 Å². The first kappa shape index (κ1) is 13.2. The molecular weight excluding hydrogens is 255 g/mol. The molecule has 1 aliphatic heterocycles. The third-order valence-electron chi connectivity index (χ3n) is 3.62. The maximum Gasteiger partial charge on any atom is 0.0640 e. The van der Waals surface area contributed by atoms with E-state index in [0.717, 1.165) is 12.1 Å². The van der Waals surface area contributed by atoms with E-state index in [1.807, 2.05) is 18.2 Å². The van der Waals surface area contributed by atoms with Crippen LogP contribution in [0.25, 0.3) is 0 Å². The first-order chi connectivity index (χ1) is 8.15. The highest BCUT2D eigenvalue weighted by Crippen LogP contribution is 2.35. The van der Waals surface area contributed by atoms with Crippen molar-refractivity contribution in [2.75, 3.05) is 13.1 Å². The van der Waals surface area contributed by atoms with E-state index in [-0.39, 0.29) is 6.04 Å². The Labute approximate surface area is 113 Å². The number of nitrogens with zero attached hydrogens (tertiary/aromatic N) is 1. The summed E-state index contributed by atoms with van der Waals surface area (Å²) in [7, 11) is 0. The second-order valence-electron chi connectivity index (χ2n) is 4.59. The van der Waals surface area contributed by atoms with Crippen molar-refractivity contribution in [2.24, 2.45) is 5.73 Å². The van der Waals surface area contributed by atoms with Crippen molar-refractivity contribution < 1.29 is 0 Å². The van der Waals surface area contributed by atoms with E-state index in [9.17, 15) is 0 Å². The first-order valence-electron chi connectivity index (χ1n) is 6.05. The third-order valence-corrected chi connectivity index (χ3v) is 4.46. The molecule has 1 fully saturated rings. The standard InChI is InChI=1S/C13H18Cl2N2/c1-9(17-7-3-4-10(17)8-16)11-5-2-6-12(14)13(11)15/h2,5-6,9-10H,3-4,7-8,16H2,1H3. The molecule has 4 heteroatoms. The van der Waals surface area contributed by atoms with Gasteiger partial charge in [-0.25, -0.2) is 0 Å². The summed E-state index contributed by atoms with van der Waals surface area (Å²) in [4.78, 5) is 2.43. The molecule has 2 nitrogen and oxygen atoms in total. The van der Waals surface area contributed by atoms with E-state index in [0.29, 0.717) is 22.6 Å². The van der Waals surface area contributed by atoms with E-state index >= 15 is 0 Å². The molecule has 1 aliphatic rings. The van der Waals surface area contributed by atoms with E-state index in [4.69, 9.17) is 28.9 Å². The SMILES string of the molecule is CC(c1cccc(Cl)c1Cl)N1CCCC1CN. The summed E-state index contributed by atoms with van der Waals surface area (Å²) in [6, 6.07) is 6.57. The number of rotatable bonds is 3. The molecule has 1 saturated heterocycles. The van der Waals surface area contributed by atoms with Crippen molar-refractivity contribution >= 4 is 23.2 Å². The van der Waals surface area contributed by atoms with Gasteiger partial charge in [-0.05, 0) is 37.9 Å². The smallest absolute Gasteiger partial charge is 0.0640 e. The van der Waals surface area contributed by atoms with Crippen molar-refractivity contribution in [3.8, 4) is 0 Å². The largest absolute Gasteiger partial charge is 0.329 e. The predicted molar refractivity (Wildman–Crippen MR) is 73.7 cm³/mol. The van der Waals surface area contributed by atoms with E-state index in [2.05, 4.69) is 11.8 Å². The highest BCUT2D eigenvalue weighted by atomic mass is 35.5. The lowest BCUT2D eigenvalue weighted by molar-refractivity contribution is 0.197. The third kappa shape index (κ3) is 2.60. The fourth-order valence-corrected chi connectivity index (χ4v) is 3.11. The maximum atomic E-state index is 6.27. The molecule has 0 amide bonds. The van der Waals surface area contributed by atoms with Crippen molar-refractivity contribution in [1.82, 2.24) is 4.90 Å². The van der Waals surface area contributed by atoms with Crippen molar-refractivity contribution in [3.63, 3.8) is 0 Å². The normalized spacial score (nSPS) is 22.9. The Morgan fingerprint density at radius 2 is 2.24 bits per heavy atom. The Bertz CT molecular complexity index is 395. The second-order valence-corrected chi connectivity index (χ2v) is 5.37. The molecule has 0 bridgehead atoms. The predicted octanol–water partition coefficient (Wildman–Crippen LogP) is 3.48. The summed E-state index contributed by atoms with van der Waals surface area (Å²) in [5, 5.41) is 1.30. The lowest BCUT2D eigenvalue weighted by Crippen LogP contribution is -2.37. The van der Waals surface area contributed by atoms with Gasteiger partial charge in [0.25, 0.3) is 0 Å². The first-order valence-corrected chi connectivity index (χ1v) is 6.80. The number of benzene rings is 1. The van der Waals surface area contributed by atoms with E-state index in [1.165, 1.54) is 12.8 Å². The van der Waals surface area contributed by atoms with Crippen LogP contribution < -0.4 is 5.73 Å². The molecule has 0 spiro atoms. The summed E-state index contributed by atoms with van der Waals surface area (Å²) in [6.45, 7) is 3.97. The lowest BCUT2D eigenvalue weighted by Gasteiger charge is -2.30. The van der Waals surface area contributed by atoms with Crippen LogP contribution in [0.1, 0.15) is 31.4 Å². The van der Waals surface area contributed by atoms with Crippen LogP contribution in [0.15, 0.2) is 18.2 Å². The molecule has 1 aromatic rings. The molecule has 0 aliphatic carbocycles. The number of nitrogens with two attached hydrogens (primary N) is 1.